The molecule has 0 aromatic carbocycles. The molecule has 1 saturated carbocycles. The minimum absolute atomic E-state index is 0.183. The van der Waals surface area contributed by atoms with E-state index in [1.807, 2.05) is 17.8 Å². The Morgan fingerprint density at radius 3 is 2.85 bits per heavy atom. The average molecular weight is 381 g/mol. The lowest BCUT2D eigenvalue weighted by atomic mass is 9.85. The molecule has 5 nitrogen and oxygen atoms in total. The van der Waals surface area contributed by atoms with Gasteiger partial charge in [0.25, 0.3) is 0 Å². The number of piperidine rings is 1. The van der Waals surface area contributed by atoms with Crippen LogP contribution in [0.15, 0.2) is 12.2 Å². The van der Waals surface area contributed by atoms with Crippen molar-refractivity contribution in [3.63, 3.8) is 0 Å². The number of amides is 1. The van der Waals surface area contributed by atoms with Gasteiger partial charge >= 0.3 is 0 Å². The summed E-state index contributed by atoms with van der Waals surface area (Å²) in [6.07, 6.45) is 13.9. The van der Waals surface area contributed by atoms with Crippen LogP contribution >= 0.6 is 11.8 Å². The van der Waals surface area contributed by atoms with E-state index in [4.69, 9.17) is 9.47 Å². The van der Waals surface area contributed by atoms with Gasteiger partial charge in [-0.2, -0.15) is 11.8 Å². The molecule has 0 radical (unpaired) electrons. The molecule has 0 spiro atoms. The first-order valence-corrected chi connectivity index (χ1v) is 11.4. The molecular weight excluding hydrogens is 348 g/mol. The Kier molecular flexibility index (Phi) is 6.57. The quantitative estimate of drug-likeness (QED) is 0.743. The second kappa shape index (κ2) is 9.09. The molecule has 1 aliphatic carbocycles. The minimum atomic E-state index is 0.183. The summed E-state index contributed by atoms with van der Waals surface area (Å²) in [7, 11) is 0. The van der Waals surface area contributed by atoms with Crippen molar-refractivity contribution >= 4 is 17.7 Å². The molecule has 1 N–H and O–H groups in total. The van der Waals surface area contributed by atoms with E-state index in [9.17, 15) is 4.79 Å². The van der Waals surface area contributed by atoms with E-state index in [1.54, 1.807) is 0 Å². The van der Waals surface area contributed by atoms with Crippen LogP contribution in [0.4, 0.5) is 0 Å². The fraction of sp³-hybridized carbons (Fsp3) is 0.850. The number of hydrogen-bond acceptors (Lipinski definition) is 5. The molecule has 0 bridgehead atoms. The number of nitrogens with one attached hydrogen (secondary N) is 1. The molecule has 3 aliphatic heterocycles. The van der Waals surface area contributed by atoms with Gasteiger partial charge in [0.2, 0.25) is 5.91 Å². The van der Waals surface area contributed by atoms with Crippen LogP contribution in [0.5, 0.6) is 0 Å². The zero-order valence-electron chi connectivity index (χ0n) is 15.6. The van der Waals surface area contributed by atoms with Gasteiger partial charge in [0, 0.05) is 11.8 Å². The molecule has 26 heavy (non-hydrogen) atoms. The van der Waals surface area contributed by atoms with Crippen molar-refractivity contribution in [1.82, 2.24) is 10.2 Å². The smallest absolute Gasteiger partial charge is 0.247 e. The predicted octanol–water partition coefficient (Wildman–Crippen LogP) is 2.91. The van der Waals surface area contributed by atoms with E-state index in [-0.39, 0.29) is 24.3 Å². The van der Waals surface area contributed by atoms with E-state index >= 15 is 0 Å². The van der Waals surface area contributed by atoms with Crippen LogP contribution in [0.1, 0.15) is 51.4 Å². The number of carbonyl (C=O) groups excluding carboxylic acids is 1. The van der Waals surface area contributed by atoms with E-state index < -0.39 is 0 Å². The minimum Gasteiger partial charge on any atom is -0.349 e. The highest BCUT2D eigenvalue weighted by Crippen LogP contribution is 2.33. The maximum absolute atomic E-state index is 13.0. The second-order valence-electron chi connectivity index (χ2n) is 8.05. The van der Waals surface area contributed by atoms with Gasteiger partial charge in [0.15, 0.2) is 0 Å². The van der Waals surface area contributed by atoms with Crippen molar-refractivity contribution in [2.45, 2.75) is 75.0 Å². The lowest BCUT2D eigenvalue weighted by Gasteiger charge is -2.36. The van der Waals surface area contributed by atoms with E-state index in [1.165, 1.54) is 31.4 Å². The summed E-state index contributed by atoms with van der Waals surface area (Å²) in [4.78, 5) is 15.1. The number of thioether (sulfide) groups is 1. The van der Waals surface area contributed by atoms with Gasteiger partial charge in [-0.05, 0) is 75.7 Å². The Bertz CT molecular complexity index is 503. The third kappa shape index (κ3) is 4.64. The Morgan fingerprint density at radius 1 is 1.12 bits per heavy atom. The second-order valence-corrected chi connectivity index (χ2v) is 9.46. The molecule has 5 unspecified atom stereocenters. The van der Waals surface area contributed by atoms with Crippen molar-refractivity contribution < 1.29 is 14.3 Å². The normalized spacial score (nSPS) is 37.8. The SMILES string of the molecule is O=C(/C=C/C1CCC2OCOC2C1)N(CC1CCCS1)C1CCCCN1. The van der Waals surface area contributed by atoms with Crippen LogP contribution in [-0.4, -0.2) is 60.1 Å². The third-order valence-electron chi connectivity index (χ3n) is 6.21. The van der Waals surface area contributed by atoms with Crippen LogP contribution in [0, 0.1) is 5.92 Å². The molecule has 4 rings (SSSR count). The van der Waals surface area contributed by atoms with Crippen molar-refractivity contribution in [2.75, 3.05) is 25.6 Å². The topological polar surface area (TPSA) is 50.8 Å². The van der Waals surface area contributed by atoms with Crippen LogP contribution in [0.3, 0.4) is 0 Å². The largest absolute Gasteiger partial charge is 0.349 e. The molecule has 5 atom stereocenters. The maximum Gasteiger partial charge on any atom is 0.247 e. The highest BCUT2D eigenvalue weighted by atomic mass is 32.2. The third-order valence-corrected chi connectivity index (χ3v) is 7.60. The number of nitrogens with zero attached hydrogens (tertiary/aromatic N) is 1. The van der Waals surface area contributed by atoms with Crippen molar-refractivity contribution in [1.29, 1.82) is 0 Å². The van der Waals surface area contributed by atoms with E-state index in [0.717, 1.165) is 38.8 Å². The van der Waals surface area contributed by atoms with Gasteiger partial charge in [-0.15, -0.1) is 0 Å². The number of hydrogen-bond donors (Lipinski definition) is 1. The van der Waals surface area contributed by atoms with E-state index in [0.29, 0.717) is 18.0 Å². The van der Waals surface area contributed by atoms with Gasteiger partial charge in [-0.3, -0.25) is 10.1 Å². The Hall–Kier alpha value is -0.560. The van der Waals surface area contributed by atoms with E-state index in [2.05, 4.69) is 16.3 Å². The Labute approximate surface area is 161 Å². The maximum atomic E-state index is 13.0. The van der Waals surface area contributed by atoms with Crippen LogP contribution < -0.4 is 5.32 Å². The first-order chi connectivity index (χ1) is 12.8. The molecule has 0 aromatic heterocycles. The van der Waals surface area contributed by atoms with Crippen LogP contribution in [0.2, 0.25) is 0 Å². The monoisotopic (exact) mass is 380 g/mol. The standard InChI is InChI=1S/C20H32N2O3S/c23-20(9-7-15-6-8-17-18(12-15)25-14-24-17)22(13-16-4-3-11-26-16)19-5-1-2-10-21-19/h7,9,15-19,21H,1-6,8,10-14H2/b9-7+. The molecule has 3 saturated heterocycles. The highest BCUT2D eigenvalue weighted by Gasteiger charge is 2.35. The van der Waals surface area contributed by atoms with Gasteiger partial charge in [-0.25, -0.2) is 0 Å². The summed E-state index contributed by atoms with van der Waals surface area (Å²) in [5.41, 5.74) is 0. The van der Waals surface area contributed by atoms with Crippen LogP contribution in [0.25, 0.3) is 0 Å². The summed E-state index contributed by atoms with van der Waals surface area (Å²) in [5, 5.41) is 4.17. The van der Waals surface area contributed by atoms with Crippen molar-refractivity contribution in [2.24, 2.45) is 5.92 Å². The number of fused-ring (bicyclic) bond motifs is 1. The van der Waals surface area contributed by atoms with Crippen molar-refractivity contribution in [3.05, 3.63) is 12.2 Å². The highest BCUT2D eigenvalue weighted by molar-refractivity contribution is 8.00. The first kappa shape index (κ1) is 18.8. The number of carbonyl (C=O) groups is 1. The number of ether oxygens (including phenoxy) is 2. The molecule has 3 heterocycles. The molecule has 6 heteroatoms. The zero-order chi connectivity index (χ0) is 17.8. The lowest BCUT2D eigenvalue weighted by molar-refractivity contribution is -0.129. The van der Waals surface area contributed by atoms with Gasteiger partial charge in [0.05, 0.1) is 18.4 Å². The first-order valence-electron chi connectivity index (χ1n) is 10.4. The molecular formula is C20H32N2O3S. The summed E-state index contributed by atoms with van der Waals surface area (Å²) in [6.45, 7) is 2.35. The molecule has 146 valence electrons. The summed E-state index contributed by atoms with van der Waals surface area (Å²) >= 11 is 2.03. The number of rotatable bonds is 5. The molecule has 4 fully saturated rings. The summed E-state index contributed by atoms with van der Waals surface area (Å²) in [6, 6.07) is 0. The fourth-order valence-corrected chi connectivity index (χ4v) is 5.95. The predicted molar refractivity (Wildman–Crippen MR) is 104 cm³/mol. The average Bonchev–Trinajstić information content (AvgIpc) is 3.36. The summed E-state index contributed by atoms with van der Waals surface area (Å²) < 4.78 is 11.3. The number of allylic oxidation sites excluding steroid dienone is 1. The molecule has 0 aromatic rings. The van der Waals surface area contributed by atoms with Gasteiger partial charge < -0.3 is 14.4 Å². The van der Waals surface area contributed by atoms with Crippen molar-refractivity contribution in [3.8, 4) is 0 Å². The van der Waals surface area contributed by atoms with Gasteiger partial charge in [-0.1, -0.05) is 6.08 Å². The Morgan fingerprint density at radius 2 is 2.04 bits per heavy atom. The Balaban J connectivity index is 1.36. The fourth-order valence-electron chi connectivity index (χ4n) is 4.68. The zero-order valence-corrected chi connectivity index (χ0v) is 16.4. The summed E-state index contributed by atoms with van der Waals surface area (Å²) in [5.74, 6) is 1.86. The molecule has 4 aliphatic rings. The van der Waals surface area contributed by atoms with Gasteiger partial charge in [0.1, 0.15) is 6.79 Å². The van der Waals surface area contributed by atoms with Crippen LogP contribution in [-0.2, 0) is 14.3 Å². The lowest BCUT2D eigenvalue weighted by Crippen LogP contribution is -2.52. The molecule has 1 amide bonds.